The molecule has 0 aromatic carbocycles. The van der Waals surface area contributed by atoms with Crippen molar-refractivity contribution in [3.8, 4) is 0 Å². The van der Waals surface area contributed by atoms with Gasteiger partial charge in [-0.25, -0.2) is 0 Å². The quantitative estimate of drug-likeness (QED) is 0.708. The number of carbonyl (C=O) groups excluding carboxylic acids is 2. The van der Waals surface area contributed by atoms with E-state index in [1.54, 1.807) is 4.90 Å². The van der Waals surface area contributed by atoms with E-state index in [2.05, 4.69) is 6.92 Å². The van der Waals surface area contributed by atoms with Crippen molar-refractivity contribution in [3.63, 3.8) is 0 Å². The van der Waals surface area contributed by atoms with Crippen molar-refractivity contribution in [2.24, 2.45) is 0 Å². The molecule has 0 saturated carbocycles. The van der Waals surface area contributed by atoms with Crippen LogP contribution in [0.4, 0.5) is 0 Å². The fraction of sp³-hybridized carbons (Fsp3) is 0.846. The Bertz CT molecular complexity index is 260. The largest absolute Gasteiger partial charge is 0.341 e. The van der Waals surface area contributed by atoms with Crippen LogP contribution < -0.4 is 0 Å². The van der Waals surface area contributed by atoms with Gasteiger partial charge in [-0.1, -0.05) is 13.3 Å². The number of likely N-dealkylation sites (tertiary alicyclic amines) is 1. The van der Waals surface area contributed by atoms with E-state index >= 15 is 0 Å². The predicted octanol–water partition coefficient (Wildman–Crippen LogP) is 1.65. The Morgan fingerprint density at radius 1 is 1.18 bits per heavy atom. The number of hydrogen-bond acceptors (Lipinski definition) is 2. The first-order chi connectivity index (χ1) is 8.19. The van der Waals surface area contributed by atoms with Gasteiger partial charge in [0.1, 0.15) is 0 Å². The Labute approximate surface area is 104 Å². The van der Waals surface area contributed by atoms with Crippen molar-refractivity contribution in [1.82, 2.24) is 9.80 Å². The molecule has 1 aliphatic heterocycles. The van der Waals surface area contributed by atoms with Crippen LogP contribution in [0.15, 0.2) is 0 Å². The lowest BCUT2D eigenvalue weighted by molar-refractivity contribution is -0.139. The number of hydrogen-bond donors (Lipinski definition) is 0. The van der Waals surface area contributed by atoms with E-state index in [1.807, 2.05) is 11.8 Å². The molecule has 0 radical (unpaired) electrons. The van der Waals surface area contributed by atoms with Crippen molar-refractivity contribution in [3.05, 3.63) is 0 Å². The fourth-order valence-corrected chi connectivity index (χ4v) is 2.09. The number of nitrogens with zero attached hydrogens (tertiary/aromatic N) is 2. The third-order valence-electron chi connectivity index (χ3n) is 3.26. The molecule has 0 atom stereocenters. The molecular weight excluding hydrogens is 216 g/mol. The minimum atomic E-state index is 0.106. The van der Waals surface area contributed by atoms with Gasteiger partial charge in [-0.3, -0.25) is 9.59 Å². The zero-order chi connectivity index (χ0) is 12.7. The lowest BCUT2D eigenvalue weighted by Crippen LogP contribution is -2.41. The highest BCUT2D eigenvalue weighted by molar-refractivity contribution is 5.84. The minimum absolute atomic E-state index is 0.106. The zero-order valence-electron chi connectivity index (χ0n) is 11.1. The summed E-state index contributed by atoms with van der Waals surface area (Å²) in [4.78, 5) is 27.3. The smallest absolute Gasteiger partial charge is 0.242 e. The van der Waals surface area contributed by atoms with Gasteiger partial charge in [0, 0.05) is 26.1 Å². The van der Waals surface area contributed by atoms with E-state index in [9.17, 15) is 9.59 Å². The summed E-state index contributed by atoms with van der Waals surface area (Å²) >= 11 is 0. The summed E-state index contributed by atoms with van der Waals surface area (Å²) in [5.41, 5.74) is 0. The highest BCUT2D eigenvalue weighted by Gasteiger charge is 2.21. The summed E-state index contributed by atoms with van der Waals surface area (Å²) in [5, 5.41) is 0. The first-order valence-electron chi connectivity index (χ1n) is 6.74. The molecule has 1 saturated heterocycles. The molecule has 1 fully saturated rings. The van der Waals surface area contributed by atoms with E-state index < -0.39 is 0 Å². The molecule has 98 valence electrons. The van der Waals surface area contributed by atoms with Crippen molar-refractivity contribution in [2.45, 2.75) is 46.0 Å². The normalized spacial score (nSPS) is 15.1. The van der Waals surface area contributed by atoms with Crippen molar-refractivity contribution >= 4 is 11.8 Å². The standard InChI is InChI=1S/C13H24N2O2/c1-3-5-8-12(16)14(4-2)11-13(17)15-9-6-7-10-15/h3-11H2,1-2H3. The highest BCUT2D eigenvalue weighted by Crippen LogP contribution is 2.09. The van der Waals surface area contributed by atoms with E-state index in [-0.39, 0.29) is 18.4 Å². The van der Waals surface area contributed by atoms with E-state index in [0.717, 1.165) is 38.8 Å². The third-order valence-corrected chi connectivity index (χ3v) is 3.26. The molecule has 4 nitrogen and oxygen atoms in total. The van der Waals surface area contributed by atoms with Gasteiger partial charge in [0.15, 0.2) is 0 Å². The second-order valence-corrected chi connectivity index (χ2v) is 4.60. The topological polar surface area (TPSA) is 40.6 Å². The van der Waals surface area contributed by atoms with E-state index in [1.165, 1.54) is 0 Å². The van der Waals surface area contributed by atoms with Crippen molar-refractivity contribution in [2.75, 3.05) is 26.2 Å². The molecule has 17 heavy (non-hydrogen) atoms. The van der Waals surface area contributed by atoms with Crippen LogP contribution in [0.3, 0.4) is 0 Å². The molecule has 0 N–H and O–H groups in total. The molecular formula is C13H24N2O2. The van der Waals surface area contributed by atoms with Crippen LogP contribution in [-0.4, -0.2) is 47.8 Å². The molecule has 1 aliphatic rings. The van der Waals surface area contributed by atoms with Crippen LogP contribution in [0, 0.1) is 0 Å². The van der Waals surface area contributed by atoms with Crippen LogP contribution in [-0.2, 0) is 9.59 Å². The minimum Gasteiger partial charge on any atom is -0.341 e. The Kier molecular flexibility index (Phi) is 6.01. The molecule has 0 aliphatic carbocycles. The highest BCUT2D eigenvalue weighted by atomic mass is 16.2. The molecule has 0 aromatic heterocycles. The molecule has 1 rings (SSSR count). The lowest BCUT2D eigenvalue weighted by Gasteiger charge is -2.23. The summed E-state index contributed by atoms with van der Waals surface area (Å²) in [7, 11) is 0. The van der Waals surface area contributed by atoms with Gasteiger partial charge in [0.2, 0.25) is 11.8 Å². The molecule has 0 unspecified atom stereocenters. The summed E-state index contributed by atoms with van der Waals surface area (Å²) in [6.07, 6.45) is 4.69. The second-order valence-electron chi connectivity index (χ2n) is 4.60. The van der Waals surface area contributed by atoms with Gasteiger partial charge in [0.05, 0.1) is 6.54 Å². The average molecular weight is 240 g/mol. The van der Waals surface area contributed by atoms with E-state index in [4.69, 9.17) is 0 Å². The summed E-state index contributed by atoms with van der Waals surface area (Å²) in [5.74, 6) is 0.219. The molecule has 1 heterocycles. The monoisotopic (exact) mass is 240 g/mol. The maximum Gasteiger partial charge on any atom is 0.242 e. The SMILES string of the molecule is CCCCC(=O)N(CC)CC(=O)N1CCCC1. The third kappa shape index (κ3) is 4.36. The average Bonchev–Trinajstić information content (AvgIpc) is 2.86. The first kappa shape index (κ1) is 14.0. The number of carbonyl (C=O) groups is 2. The van der Waals surface area contributed by atoms with Crippen molar-refractivity contribution in [1.29, 1.82) is 0 Å². The maximum atomic E-state index is 11.9. The van der Waals surface area contributed by atoms with Crippen LogP contribution in [0.2, 0.25) is 0 Å². The Hall–Kier alpha value is -1.06. The Balaban J connectivity index is 2.39. The summed E-state index contributed by atoms with van der Waals surface area (Å²) < 4.78 is 0. The van der Waals surface area contributed by atoms with Crippen LogP contribution >= 0.6 is 0 Å². The van der Waals surface area contributed by atoms with Crippen LogP contribution in [0.5, 0.6) is 0 Å². The Morgan fingerprint density at radius 3 is 2.35 bits per heavy atom. The van der Waals surface area contributed by atoms with Gasteiger partial charge < -0.3 is 9.80 Å². The lowest BCUT2D eigenvalue weighted by atomic mass is 10.2. The van der Waals surface area contributed by atoms with Gasteiger partial charge in [-0.15, -0.1) is 0 Å². The number of unbranched alkanes of at least 4 members (excludes halogenated alkanes) is 1. The Morgan fingerprint density at radius 2 is 1.82 bits per heavy atom. The number of likely N-dealkylation sites (N-methyl/N-ethyl adjacent to an activating group) is 1. The fourth-order valence-electron chi connectivity index (χ4n) is 2.09. The van der Waals surface area contributed by atoms with Crippen molar-refractivity contribution < 1.29 is 9.59 Å². The van der Waals surface area contributed by atoms with E-state index in [0.29, 0.717) is 13.0 Å². The maximum absolute atomic E-state index is 11.9. The summed E-state index contributed by atoms with van der Waals surface area (Å²) in [6, 6.07) is 0. The molecule has 0 spiro atoms. The second kappa shape index (κ2) is 7.30. The number of amides is 2. The van der Waals surface area contributed by atoms with Crippen LogP contribution in [0.25, 0.3) is 0 Å². The number of rotatable bonds is 6. The van der Waals surface area contributed by atoms with Gasteiger partial charge in [0.25, 0.3) is 0 Å². The van der Waals surface area contributed by atoms with Gasteiger partial charge in [-0.05, 0) is 26.2 Å². The zero-order valence-corrected chi connectivity index (χ0v) is 11.1. The van der Waals surface area contributed by atoms with Gasteiger partial charge >= 0.3 is 0 Å². The first-order valence-corrected chi connectivity index (χ1v) is 6.74. The molecule has 2 amide bonds. The molecule has 0 aromatic rings. The molecule has 4 heteroatoms. The molecule has 0 bridgehead atoms. The summed E-state index contributed by atoms with van der Waals surface area (Å²) in [6.45, 7) is 6.61. The van der Waals surface area contributed by atoms with Crippen LogP contribution in [0.1, 0.15) is 46.0 Å². The predicted molar refractivity (Wildman–Crippen MR) is 67.6 cm³/mol. The van der Waals surface area contributed by atoms with Gasteiger partial charge in [-0.2, -0.15) is 0 Å².